The molecule has 4 nitrogen and oxygen atoms in total. The number of hydrogen-bond donors (Lipinski definition) is 0. The predicted molar refractivity (Wildman–Crippen MR) is 68.8 cm³/mol. The van der Waals surface area contributed by atoms with Crippen molar-refractivity contribution >= 4 is 17.4 Å². The van der Waals surface area contributed by atoms with E-state index in [2.05, 4.69) is 28.7 Å². The summed E-state index contributed by atoms with van der Waals surface area (Å²) < 4.78 is 5.32. The predicted octanol–water partition coefficient (Wildman–Crippen LogP) is 2.76. The number of halogens is 1. The third-order valence-corrected chi connectivity index (χ3v) is 3.56. The van der Waals surface area contributed by atoms with Gasteiger partial charge in [-0.15, -0.1) is 0 Å². The van der Waals surface area contributed by atoms with Crippen LogP contribution in [-0.4, -0.2) is 29.7 Å². The summed E-state index contributed by atoms with van der Waals surface area (Å²) >= 11 is 6.03. The van der Waals surface area contributed by atoms with E-state index in [1.807, 2.05) is 0 Å². The van der Waals surface area contributed by atoms with Crippen LogP contribution in [0.3, 0.4) is 0 Å². The van der Waals surface area contributed by atoms with E-state index in [1.54, 1.807) is 7.11 Å². The van der Waals surface area contributed by atoms with E-state index in [-0.39, 0.29) is 0 Å². The Morgan fingerprint density at radius 3 is 2.88 bits per heavy atom. The molecule has 1 saturated heterocycles. The molecular weight excluding hydrogens is 238 g/mol. The fraction of sp³-hybridized carbons (Fsp3) is 0.667. The first kappa shape index (κ1) is 12.4. The summed E-state index contributed by atoms with van der Waals surface area (Å²) in [5.74, 6) is 2.00. The quantitative estimate of drug-likeness (QED) is 0.779. The Bertz CT molecular complexity index is 397. The van der Waals surface area contributed by atoms with E-state index < -0.39 is 0 Å². The summed E-state index contributed by atoms with van der Waals surface area (Å²) in [7, 11) is 1.61. The van der Waals surface area contributed by atoms with Crippen LogP contribution in [0, 0.1) is 5.92 Å². The highest BCUT2D eigenvalue weighted by Crippen LogP contribution is 2.37. The molecule has 0 bridgehead atoms. The monoisotopic (exact) mass is 255 g/mol. The number of nitrogens with zero attached hydrogens (tertiary/aromatic N) is 3. The first-order valence-electron chi connectivity index (χ1n) is 5.96. The molecule has 1 aromatic heterocycles. The van der Waals surface area contributed by atoms with E-state index in [1.165, 1.54) is 19.2 Å². The molecule has 1 aromatic rings. The number of ether oxygens (including phenoxy) is 1. The van der Waals surface area contributed by atoms with Gasteiger partial charge < -0.3 is 9.64 Å². The summed E-state index contributed by atoms with van der Waals surface area (Å²) in [6.07, 6.45) is 3.88. The molecule has 1 aliphatic heterocycles. The summed E-state index contributed by atoms with van der Waals surface area (Å²) in [6, 6.07) is 0.509. The van der Waals surface area contributed by atoms with Crippen molar-refractivity contribution in [2.45, 2.75) is 32.7 Å². The van der Waals surface area contributed by atoms with Gasteiger partial charge in [-0.3, -0.25) is 0 Å². The minimum Gasteiger partial charge on any atom is -0.490 e. The summed E-state index contributed by atoms with van der Waals surface area (Å²) in [4.78, 5) is 10.6. The van der Waals surface area contributed by atoms with Crippen LogP contribution in [0.5, 0.6) is 5.75 Å². The van der Waals surface area contributed by atoms with Crippen molar-refractivity contribution in [3.63, 3.8) is 0 Å². The third-order valence-electron chi connectivity index (χ3n) is 3.29. The minimum atomic E-state index is 0.381. The maximum absolute atomic E-state index is 6.03. The lowest BCUT2D eigenvalue weighted by Crippen LogP contribution is -2.34. The third kappa shape index (κ3) is 2.32. The Hall–Kier alpha value is -1.03. The smallest absolute Gasteiger partial charge is 0.199 e. The summed E-state index contributed by atoms with van der Waals surface area (Å²) in [6.45, 7) is 5.48. The van der Waals surface area contributed by atoms with Crippen molar-refractivity contribution < 1.29 is 4.74 Å². The number of rotatable bonds is 3. The van der Waals surface area contributed by atoms with Gasteiger partial charge in [0.05, 0.1) is 7.11 Å². The van der Waals surface area contributed by atoms with Crippen molar-refractivity contribution in [2.75, 3.05) is 18.6 Å². The highest BCUT2D eigenvalue weighted by Gasteiger charge is 2.30. The van der Waals surface area contributed by atoms with Crippen molar-refractivity contribution in [3.05, 3.63) is 11.5 Å². The molecule has 1 unspecified atom stereocenters. The molecular formula is C12H18ClN3O. The Morgan fingerprint density at radius 2 is 2.24 bits per heavy atom. The zero-order valence-corrected chi connectivity index (χ0v) is 11.2. The van der Waals surface area contributed by atoms with Gasteiger partial charge in [-0.25, -0.2) is 9.97 Å². The van der Waals surface area contributed by atoms with Crippen LogP contribution in [0.4, 0.5) is 5.82 Å². The van der Waals surface area contributed by atoms with E-state index in [4.69, 9.17) is 16.3 Å². The minimum absolute atomic E-state index is 0.381. The first-order valence-corrected chi connectivity index (χ1v) is 6.34. The van der Waals surface area contributed by atoms with Crippen molar-refractivity contribution in [1.82, 2.24) is 9.97 Å². The largest absolute Gasteiger partial charge is 0.490 e. The molecule has 5 heteroatoms. The molecule has 2 rings (SSSR count). The summed E-state index contributed by atoms with van der Waals surface area (Å²) in [5, 5.41) is 0.381. The molecule has 17 heavy (non-hydrogen) atoms. The average molecular weight is 256 g/mol. The van der Waals surface area contributed by atoms with Crippen LogP contribution in [-0.2, 0) is 0 Å². The molecule has 0 amide bonds. The van der Waals surface area contributed by atoms with Gasteiger partial charge in [0.1, 0.15) is 6.33 Å². The molecule has 0 aliphatic carbocycles. The molecule has 1 atom stereocenters. The molecule has 0 spiro atoms. The van der Waals surface area contributed by atoms with Crippen LogP contribution in [0.2, 0.25) is 5.15 Å². The highest BCUT2D eigenvalue weighted by atomic mass is 35.5. The molecule has 0 aromatic carbocycles. The normalized spacial score (nSPS) is 20.1. The van der Waals surface area contributed by atoms with E-state index in [9.17, 15) is 0 Å². The lowest BCUT2D eigenvalue weighted by atomic mass is 10.0. The lowest BCUT2D eigenvalue weighted by Gasteiger charge is -2.29. The number of anilines is 1. The average Bonchev–Trinajstić information content (AvgIpc) is 2.77. The standard InChI is InChI=1S/C12H18ClN3O/c1-8(2)9-5-4-6-16(9)12-10(17-3)11(13)14-7-15-12/h7-9H,4-6H2,1-3H3. The van der Waals surface area contributed by atoms with Crippen LogP contribution in [0.25, 0.3) is 0 Å². The molecule has 94 valence electrons. The van der Waals surface area contributed by atoms with E-state index >= 15 is 0 Å². The molecule has 0 radical (unpaired) electrons. The Labute approximate surface area is 107 Å². The Morgan fingerprint density at radius 1 is 1.47 bits per heavy atom. The van der Waals surface area contributed by atoms with Gasteiger partial charge in [-0.05, 0) is 18.8 Å². The van der Waals surface area contributed by atoms with Gasteiger partial charge in [-0.2, -0.15) is 0 Å². The van der Waals surface area contributed by atoms with Gasteiger partial charge >= 0.3 is 0 Å². The van der Waals surface area contributed by atoms with Crippen molar-refractivity contribution in [2.24, 2.45) is 5.92 Å². The SMILES string of the molecule is COc1c(Cl)ncnc1N1CCCC1C(C)C. The van der Waals surface area contributed by atoms with E-state index in [0.29, 0.717) is 22.9 Å². The molecule has 0 N–H and O–H groups in total. The Kier molecular flexibility index (Phi) is 3.72. The second-order valence-corrected chi connectivity index (χ2v) is 5.03. The Balaban J connectivity index is 2.36. The van der Waals surface area contributed by atoms with Crippen LogP contribution < -0.4 is 9.64 Å². The lowest BCUT2D eigenvalue weighted by molar-refractivity contribution is 0.406. The second-order valence-electron chi connectivity index (χ2n) is 4.67. The zero-order chi connectivity index (χ0) is 12.4. The molecule has 1 fully saturated rings. The van der Waals surface area contributed by atoms with Gasteiger partial charge in [0.15, 0.2) is 16.7 Å². The van der Waals surface area contributed by atoms with Crippen molar-refractivity contribution in [1.29, 1.82) is 0 Å². The van der Waals surface area contributed by atoms with Crippen LogP contribution in [0.15, 0.2) is 6.33 Å². The highest BCUT2D eigenvalue weighted by molar-refractivity contribution is 6.31. The number of hydrogen-bond acceptors (Lipinski definition) is 4. The molecule has 2 heterocycles. The van der Waals surface area contributed by atoms with Gasteiger partial charge in [0.2, 0.25) is 0 Å². The summed E-state index contributed by atoms with van der Waals surface area (Å²) in [5.41, 5.74) is 0. The topological polar surface area (TPSA) is 38.3 Å². The maximum atomic E-state index is 6.03. The van der Waals surface area contributed by atoms with Gasteiger partial charge in [0.25, 0.3) is 0 Å². The first-order chi connectivity index (χ1) is 8.15. The van der Waals surface area contributed by atoms with E-state index in [0.717, 1.165) is 12.4 Å². The number of aromatic nitrogens is 2. The number of methoxy groups -OCH3 is 1. The fourth-order valence-corrected chi connectivity index (χ4v) is 2.68. The second kappa shape index (κ2) is 5.08. The van der Waals surface area contributed by atoms with Crippen LogP contribution in [0.1, 0.15) is 26.7 Å². The van der Waals surface area contributed by atoms with Gasteiger partial charge in [0, 0.05) is 12.6 Å². The van der Waals surface area contributed by atoms with Gasteiger partial charge in [-0.1, -0.05) is 25.4 Å². The maximum Gasteiger partial charge on any atom is 0.199 e. The zero-order valence-electron chi connectivity index (χ0n) is 10.5. The van der Waals surface area contributed by atoms with Crippen molar-refractivity contribution in [3.8, 4) is 5.75 Å². The fourth-order valence-electron chi connectivity index (χ4n) is 2.47. The van der Waals surface area contributed by atoms with Crippen LogP contribution >= 0.6 is 11.6 Å². The molecule has 0 saturated carbocycles. The molecule has 1 aliphatic rings.